The number of nitrogens with one attached hydrogen (secondary N) is 1. The van der Waals surface area contributed by atoms with Crippen molar-refractivity contribution in [3.63, 3.8) is 0 Å². The molecule has 1 aromatic carbocycles. The summed E-state index contributed by atoms with van der Waals surface area (Å²) in [5.74, 6) is 1.18. The van der Waals surface area contributed by atoms with E-state index in [1.807, 2.05) is 43.5 Å². The van der Waals surface area contributed by atoms with Crippen molar-refractivity contribution in [2.75, 3.05) is 6.54 Å². The minimum atomic E-state index is 0.282. The molecule has 0 saturated heterocycles. The van der Waals surface area contributed by atoms with Crippen LogP contribution in [-0.4, -0.2) is 11.5 Å². The Morgan fingerprint density at radius 3 is 2.75 bits per heavy atom. The number of rotatable bonds is 5. The highest BCUT2D eigenvalue weighted by Gasteiger charge is 2.07. The van der Waals surface area contributed by atoms with Gasteiger partial charge in [-0.3, -0.25) is 0 Å². The molecule has 1 heterocycles. The van der Waals surface area contributed by atoms with Gasteiger partial charge in [0.1, 0.15) is 5.75 Å². The molecule has 1 atom stereocenters. The van der Waals surface area contributed by atoms with Gasteiger partial charge in [0.2, 0.25) is 5.88 Å². The second kappa shape index (κ2) is 6.73. The maximum absolute atomic E-state index is 6.11. The Hall–Kier alpha value is -1.58. The quantitative estimate of drug-likeness (QED) is 0.880. The number of ether oxygens (including phenoxy) is 1. The molecule has 1 unspecified atom stereocenters. The molecule has 106 valence electrons. The Kier molecular flexibility index (Phi) is 4.99. The Morgan fingerprint density at radius 2 is 2.10 bits per heavy atom. The van der Waals surface area contributed by atoms with Crippen molar-refractivity contribution in [2.45, 2.75) is 26.8 Å². The molecule has 0 aliphatic rings. The SMILES string of the molecule is CCNC(C)c1ccc(Oc2cc(C)ccc2Cl)nc1. The number of nitrogens with zero attached hydrogens (tertiary/aromatic N) is 1. The van der Waals surface area contributed by atoms with E-state index in [2.05, 4.69) is 24.1 Å². The Labute approximate surface area is 124 Å². The molecule has 0 bridgehead atoms. The van der Waals surface area contributed by atoms with Crippen LogP contribution in [0.15, 0.2) is 36.5 Å². The van der Waals surface area contributed by atoms with Crippen LogP contribution in [0.5, 0.6) is 11.6 Å². The van der Waals surface area contributed by atoms with Crippen LogP contribution in [0.2, 0.25) is 5.02 Å². The summed E-state index contributed by atoms with van der Waals surface area (Å²) in [5.41, 5.74) is 2.23. The largest absolute Gasteiger partial charge is 0.437 e. The van der Waals surface area contributed by atoms with E-state index in [1.54, 1.807) is 0 Å². The molecular formula is C16H19ClN2O. The average Bonchev–Trinajstić information content (AvgIpc) is 2.44. The molecule has 0 saturated carbocycles. The van der Waals surface area contributed by atoms with Gasteiger partial charge in [-0.1, -0.05) is 30.7 Å². The van der Waals surface area contributed by atoms with Crippen molar-refractivity contribution in [1.82, 2.24) is 10.3 Å². The average molecular weight is 291 g/mol. The lowest BCUT2D eigenvalue weighted by Gasteiger charge is -2.13. The minimum absolute atomic E-state index is 0.282. The summed E-state index contributed by atoms with van der Waals surface area (Å²) in [6.07, 6.45) is 1.83. The third kappa shape index (κ3) is 3.71. The summed E-state index contributed by atoms with van der Waals surface area (Å²) in [6.45, 7) is 7.12. The van der Waals surface area contributed by atoms with Gasteiger partial charge in [0.25, 0.3) is 0 Å². The number of hydrogen-bond acceptors (Lipinski definition) is 3. The second-order valence-corrected chi connectivity index (χ2v) is 5.15. The van der Waals surface area contributed by atoms with E-state index in [0.29, 0.717) is 16.7 Å². The second-order valence-electron chi connectivity index (χ2n) is 4.75. The third-order valence-corrected chi connectivity index (χ3v) is 3.38. The Balaban J connectivity index is 2.12. The van der Waals surface area contributed by atoms with Gasteiger partial charge in [-0.15, -0.1) is 0 Å². The Morgan fingerprint density at radius 1 is 1.30 bits per heavy atom. The fourth-order valence-electron chi connectivity index (χ4n) is 1.93. The smallest absolute Gasteiger partial charge is 0.219 e. The maximum atomic E-state index is 6.11. The Bertz CT molecular complexity index is 569. The van der Waals surface area contributed by atoms with E-state index < -0.39 is 0 Å². The maximum Gasteiger partial charge on any atom is 0.219 e. The first kappa shape index (κ1) is 14.8. The number of benzene rings is 1. The van der Waals surface area contributed by atoms with Crippen LogP contribution < -0.4 is 10.1 Å². The topological polar surface area (TPSA) is 34.1 Å². The highest BCUT2D eigenvalue weighted by Crippen LogP contribution is 2.29. The van der Waals surface area contributed by atoms with E-state index in [1.165, 1.54) is 0 Å². The molecule has 1 aromatic heterocycles. The predicted molar refractivity (Wildman–Crippen MR) is 82.6 cm³/mol. The van der Waals surface area contributed by atoms with E-state index in [4.69, 9.17) is 16.3 Å². The predicted octanol–water partition coefficient (Wildman–Crippen LogP) is 4.51. The number of hydrogen-bond donors (Lipinski definition) is 1. The molecule has 0 fully saturated rings. The minimum Gasteiger partial charge on any atom is -0.437 e. The van der Waals surface area contributed by atoms with Crippen molar-refractivity contribution in [3.05, 3.63) is 52.7 Å². The first-order valence-electron chi connectivity index (χ1n) is 6.73. The zero-order valence-electron chi connectivity index (χ0n) is 12.0. The first-order chi connectivity index (χ1) is 9.60. The highest BCUT2D eigenvalue weighted by molar-refractivity contribution is 6.32. The van der Waals surface area contributed by atoms with Crippen LogP contribution in [0, 0.1) is 6.92 Å². The van der Waals surface area contributed by atoms with Gasteiger partial charge >= 0.3 is 0 Å². The van der Waals surface area contributed by atoms with E-state index in [0.717, 1.165) is 17.7 Å². The molecule has 0 spiro atoms. The molecule has 3 nitrogen and oxygen atoms in total. The summed E-state index contributed by atoms with van der Waals surface area (Å²) >= 11 is 6.11. The highest BCUT2D eigenvalue weighted by atomic mass is 35.5. The molecule has 0 amide bonds. The fourth-order valence-corrected chi connectivity index (χ4v) is 2.09. The van der Waals surface area contributed by atoms with Crippen LogP contribution in [0.3, 0.4) is 0 Å². The lowest BCUT2D eigenvalue weighted by atomic mass is 10.1. The molecule has 0 radical (unpaired) electrons. The molecule has 2 aromatic rings. The molecule has 1 N–H and O–H groups in total. The van der Waals surface area contributed by atoms with Crippen molar-refractivity contribution >= 4 is 11.6 Å². The lowest BCUT2D eigenvalue weighted by Crippen LogP contribution is -2.17. The monoisotopic (exact) mass is 290 g/mol. The van der Waals surface area contributed by atoms with Gasteiger partial charge in [-0.05, 0) is 43.7 Å². The third-order valence-electron chi connectivity index (χ3n) is 3.07. The molecular weight excluding hydrogens is 272 g/mol. The van der Waals surface area contributed by atoms with Crippen molar-refractivity contribution in [2.24, 2.45) is 0 Å². The van der Waals surface area contributed by atoms with E-state index in [9.17, 15) is 0 Å². The fraction of sp³-hybridized carbons (Fsp3) is 0.312. The number of pyridine rings is 1. The summed E-state index contributed by atoms with van der Waals surface area (Å²) in [6, 6.07) is 9.84. The van der Waals surface area contributed by atoms with Crippen LogP contribution in [0.25, 0.3) is 0 Å². The summed E-state index contributed by atoms with van der Waals surface area (Å²) in [4.78, 5) is 4.33. The van der Waals surface area contributed by atoms with Crippen LogP contribution in [-0.2, 0) is 0 Å². The van der Waals surface area contributed by atoms with Crippen LogP contribution in [0.1, 0.15) is 31.0 Å². The van der Waals surface area contributed by atoms with Gasteiger partial charge < -0.3 is 10.1 Å². The van der Waals surface area contributed by atoms with Gasteiger partial charge in [0, 0.05) is 18.3 Å². The number of aryl methyl sites for hydroxylation is 1. The molecule has 2 rings (SSSR count). The molecule has 0 aliphatic carbocycles. The normalized spacial score (nSPS) is 12.2. The van der Waals surface area contributed by atoms with Crippen molar-refractivity contribution < 1.29 is 4.74 Å². The van der Waals surface area contributed by atoms with Gasteiger partial charge in [-0.2, -0.15) is 0 Å². The zero-order chi connectivity index (χ0) is 14.5. The molecule has 0 aliphatic heterocycles. The van der Waals surface area contributed by atoms with Crippen LogP contribution >= 0.6 is 11.6 Å². The van der Waals surface area contributed by atoms with E-state index in [-0.39, 0.29) is 6.04 Å². The molecule has 4 heteroatoms. The van der Waals surface area contributed by atoms with E-state index >= 15 is 0 Å². The summed E-state index contributed by atoms with van der Waals surface area (Å²) in [7, 11) is 0. The standard InChI is InChI=1S/C16H19ClN2O/c1-4-18-12(3)13-6-8-16(19-10-13)20-15-9-11(2)5-7-14(15)17/h5-10,12,18H,4H2,1-3H3. The number of aromatic nitrogens is 1. The zero-order valence-corrected chi connectivity index (χ0v) is 12.7. The van der Waals surface area contributed by atoms with Crippen LogP contribution in [0.4, 0.5) is 0 Å². The van der Waals surface area contributed by atoms with Gasteiger partial charge in [0.15, 0.2) is 0 Å². The number of halogens is 1. The van der Waals surface area contributed by atoms with Crippen molar-refractivity contribution in [3.8, 4) is 11.6 Å². The first-order valence-corrected chi connectivity index (χ1v) is 7.11. The van der Waals surface area contributed by atoms with Gasteiger partial charge in [0.05, 0.1) is 5.02 Å². The summed E-state index contributed by atoms with van der Waals surface area (Å²) < 4.78 is 5.72. The van der Waals surface area contributed by atoms with Crippen molar-refractivity contribution in [1.29, 1.82) is 0 Å². The summed E-state index contributed by atoms with van der Waals surface area (Å²) in [5, 5.41) is 3.93. The molecule has 20 heavy (non-hydrogen) atoms. The lowest BCUT2D eigenvalue weighted by molar-refractivity contribution is 0.461. The van der Waals surface area contributed by atoms with Gasteiger partial charge in [-0.25, -0.2) is 4.98 Å².